The Morgan fingerprint density at radius 3 is 2.32 bits per heavy atom. The van der Waals surface area contributed by atoms with Crippen LogP contribution in [0.1, 0.15) is 30.9 Å². The Morgan fingerprint density at radius 1 is 1.11 bits per heavy atom. The number of ether oxygens (including phenoxy) is 1. The molecule has 0 saturated heterocycles. The van der Waals surface area contributed by atoms with E-state index in [-0.39, 0.29) is 6.61 Å². The summed E-state index contributed by atoms with van der Waals surface area (Å²) in [5, 5.41) is 9.53. The Bertz CT molecular complexity index is 547. The second kappa shape index (κ2) is 6.09. The third kappa shape index (κ3) is 3.49. The average Bonchev–Trinajstić information content (AvgIpc) is 2.41. The van der Waals surface area contributed by atoms with Crippen LogP contribution in [-0.2, 0) is 6.61 Å². The zero-order valence-corrected chi connectivity index (χ0v) is 11.8. The van der Waals surface area contributed by atoms with Crippen LogP contribution >= 0.6 is 11.6 Å². The highest BCUT2D eigenvalue weighted by molar-refractivity contribution is 6.32. The summed E-state index contributed by atoms with van der Waals surface area (Å²) < 4.78 is 5.73. The fourth-order valence-electron chi connectivity index (χ4n) is 1.77. The molecule has 0 heterocycles. The van der Waals surface area contributed by atoms with Gasteiger partial charge in [0.2, 0.25) is 0 Å². The Hall–Kier alpha value is -1.51. The highest BCUT2D eigenvalue weighted by atomic mass is 35.5. The molecule has 0 saturated carbocycles. The lowest BCUT2D eigenvalue weighted by molar-refractivity contribution is 0.281. The molecule has 0 amide bonds. The van der Waals surface area contributed by atoms with Gasteiger partial charge in [-0.1, -0.05) is 43.6 Å². The van der Waals surface area contributed by atoms with E-state index in [1.165, 1.54) is 5.56 Å². The van der Waals surface area contributed by atoms with Gasteiger partial charge in [0, 0.05) is 0 Å². The first kappa shape index (κ1) is 13.9. The van der Waals surface area contributed by atoms with Crippen LogP contribution in [0, 0.1) is 0 Å². The molecule has 1 N–H and O–H groups in total. The lowest BCUT2D eigenvalue weighted by atomic mass is 10.0. The molecule has 0 atom stereocenters. The highest BCUT2D eigenvalue weighted by Gasteiger charge is 2.05. The average molecular weight is 277 g/mol. The van der Waals surface area contributed by atoms with Crippen molar-refractivity contribution in [3.05, 3.63) is 58.6 Å². The van der Waals surface area contributed by atoms with Crippen molar-refractivity contribution in [2.45, 2.75) is 26.4 Å². The quantitative estimate of drug-likeness (QED) is 0.873. The summed E-state index contributed by atoms with van der Waals surface area (Å²) in [7, 11) is 0. The second-order valence-electron chi connectivity index (χ2n) is 4.75. The molecule has 0 aliphatic heterocycles. The van der Waals surface area contributed by atoms with Crippen molar-refractivity contribution in [3.63, 3.8) is 0 Å². The summed E-state index contributed by atoms with van der Waals surface area (Å²) in [5.74, 6) is 1.85. The van der Waals surface area contributed by atoms with Crippen molar-refractivity contribution >= 4 is 11.6 Å². The minimum atomic E-state index is -0.0247. The summed E-state index contributed by atoms with van der Waals surface area (Å²) in [6.45, 7) is 4.28. The van der Waals surface area contributed by atoms with E-state index in [2.05, 4.69) is 26.0 Å². The molecule has 3 heteroatoms. The molecule has 0 unspecified atom stereocenters. The Labute approximate surface area is 118 Å². The van der Waals surface area contributed by atoms with E-state index < -0.39 is 0 Å². The van der Waals surface area contributed by atoms with Crippen molar-refractivity contribution in [1.82, 2.24) is 0 Å². The molecular formula is C16H17ClO2. The van der Waals surface area contributed by atoms with Crippen LogP contribution in [0.25, 0.3) is 0 Å². The van der Waals surface area contributed by atoms with Gasteiger partial charge in [0.25, 0.3) is 0 Å². The van der Waals surface area contributed by atoms with Crippen LogP contribution in [0.2, 0.25) is 5.02 Å². The lowest BCUT2D eigenvalue weighted by Gasteiger charge is -2.10. The monoisotopic (exact) mass is 276 g/mol. The van der Waals surface area contributed by atoms with Crippen LogP contribution in [0.5, 0.6) is 11.5 Å². The van der Waals surface area contributed by atoms with Gasteiger partial charge in [-0.05, 0) is 41.3 Å². The number of rotatable bonds is 4. The molecule has 2 aromatic carbocycles. The predicted molar refractivity (Wildman–Crippen MR) is 78.0 cm³/mol. The maximum absolute atomic E-state index is 9.03. The summed E-state index contributed by atoms with van der Waals surface area (Å²) >= 11 is 6.10. The SMILES string of the molecule is CC(C)c1ccc(Oc2ccc(CO)cc2Cl)cc1. The van der Waals surface area contributed by atoms with Crippen molar-refractivity contribution in [2.75, 3.05) is 0 Å². The van der Waals surface area contributed by atoms with Gasteiger partial charge in [-0.25, -0.2) is 0 Å². The van der Waals surface area contributed by atoms with Gasteiger partial charge in [0.05, 0.1) is 11.6 Å². The Morgan fingerprint density at radius 2 is 1.79 bits per heavy atom. The summed E-state index contributed by atoms with van der Waals surface area (Å²) in [4.78, 5) is 0. The Balaban J connectivity index is 2.16. The van der Waals surface area contributed by atoms with Crippen LogP contribution < -0.4 is 4.74 Å². The summed E-state index contributed by atoms with van der Waals surface area (Å²) in [5.41, 5.74) is 2.04. The van der Waals surface area contributed by atoms with E-state index in [0.717, 1.165) is 11.3 Å². The Kier molecular flexibility index (Phi) is 4.46. The number of benzene rings is 2. The number of hydrogen-bond donors (Lipinski definition) is 1. The molecule has 0 aliphatic rings. The van der Waals surface area contributed by atoms with Crippen molar-refractivity contribution < 1.29 is 9.84 Å². The summed E-state index contributed by atoms with van der Waals surface area (Å²) in [6.07, 6.45) is 0. The molecule has 2 rings (SSSR count). The first-order valence-electron chi connectivity index (χ1n) is 6.27. The van der Waals surface area contributed by atoms with E-state index >= 15 is 0 Å². The molecule has 100 valence electrons. The third-order valence-corrected chi connectivity index (χ3v) is 3.25. The lowest BCUT2D eigenvalue weighted by Crippen LogP contribution is -1.90. The zero-order valence-electron chi connectivity index (χ0n) is 11.1. The van der Waals surface area contributed by atoms with E-state index in [1.54, 1.807) is 18.2 Å². The summed E-state index contributed by atoms with van der Waals surface area (Å²) in [6, 6.07) is 13.2. The molecule has 2 nitrogen and oxygen atoms in total. The second-order valence-corrected chi connectivity index (χ2v) is 5.16. The van der Waals surface area contributed by atoms with Gasteiger partial charge >= 0.3 is 0 Å². The molecular weight excluding hydrogens is 260 g/mol. The van der Waals surface area contributed by atoms with Gasteiger partial charge in [0.15, 0.2) is 0 Å². The van der Waals surface area contributed by atoms with Crippen molar-refractivity contribution in [2.24, 2.45) is 0 Å². The minimum absolute atomic E-state index is 0.0247. The molecule has 19 heavy (non-hydrogen) atoms. The van der Waals surface area contributed by atoms with Gasteiger partial charge in [0.1, 0.15) is 11.5 Å². The van der Waals surface area contributed by atoms with E-state index in [9.17, 15) is 0 Å². The molecule has 0 spiro atoms. The van der Waals surface area contributed by atoms with Crippen molar-refractivity contribution in [1.29, 1.82) is 0 Å². The fraction of sp³-hybridized carbons (Fsp3) is 0.250. The molecule has 0 aliphatic carbocycles. The number of aliphatic hydroxyl groups is 1. The maximum atomic E-state index is 9.03. The van der Waals surface area contributed by atoms with Crippen molar-refractivity contribution in [3.8, 4) is 11.5 Å². The normalized spacial score (nSPS) is 10.8. The van der Waals surface area contributed by atoms with Gasteiger partial charge in [-0.15, -0.1) is 0 Å². The highest BCUT2D eigenvalue weighted by Crippen LogP contribution is 2.30. The fourth-order valence-corrected chi connectivity index (χ4v) is 2.01. The van der Waals surface area contributed by atoms with Gasteiger partial charge in [-0.3, -0.25) is 0 Å². The van der Waals surface area contributed by atoms with E-state index in [1.807, 2.05) is 12.1 Å². The standard InChI is InChI=1S/C16H17ClO2/c1-11(2)13-4-6-14(7-5-13)19-16-8-3-12(10-18)9-15(16)17/h3-9,11,18H,10H2,1-2H3. The minimum Gasteiger partial charge on any atom is -0.456 e. The first-order valence-corrected chi connectivity index (χ1v) is 6.65. The van der Waals surface area contributed by atoms with E-state index in [0.29, 0.717) is 16.7 Å². The number of hydrogen-bond acceptors (Lipinski definition) is 2. The third-order valence-electron chi connectivity index (χ3n) is 2.95. The van der Waals surface area contributed by atoms with Crippen LogP contribution in [-0.4, -0.2) is 5.11 Å². The molecule has 0 fully saturated rings. The van der Waals surface area contributed by atoms with Crippen LogP contribution in [0.15, 0.2) is 42.5 Å². The smallest absolute Gasteiger partial charge is 0.146 e. The topological polar surface area (TPSA) is 29.5 Å². The first-order chi connectivity index (χ1) is 9.10. The van der Waals surface area contributed by atoms with Crippen LogP contribution in [0.4, 0.5) is 0 Å². The molecule has 0 radical (unpaired) electrons. The largest absolute Gasteiger partial charge is 0.456 e. The zero-order chi connectivity index (χ0) is 13.8. The van der Waals surface area contributed by atoms with E-state index in [4.69, 9.17) is 21.4 Å². The maximum Gasteiger partial charge on any atom is 0.146 e. The van der Waals surface area contributed by atoms with Crippen LogP contribution in [0.3, 0.4) is 0 Å². The molecule has 2 aromatic rings. The molecule has 0 aromatic heterocycles. The predicted octanol–water partition coefficient (Wildman–Crippen LogP) is 4.75. The van der Waals surface area contributed by atoms with Gasteiger partial charge in [-0.2, -0.15) is 0 Å². The number of halogens is 1. The molecule has 0 bridgehead atoms. The number of aliphatic hydroxyl groups excluding tert-OH is 1. The van der Waals surface area contributed by atoms with Gasteiger partial charge < -0.3 is 9.84 Å².